The van der Waals surface area contributed by atoms with E-state index in [1.54, 1.807) is 18.2 Å². The van der Waals surface area contributed by atoms with Gasteiger partial charge in [-0.1, -0.05) is 58.7 Å². The number of hydrogen-bond donors (Lipinski definition) is 2. The number of amides is 2. The van der Waals surface area contributed by atoms with Gasteiger partial charge in [0.25, 0.3) is 5.56 Å². The molecule has 1 unspecified atom stereocenters. The Balaban J connectivity index is 1.73. The maximum atomic E-state index is 13.2. The van der Waals surface area contributed by atoms with Crippen molar-refractivity contribution in [3.05, 3.63) is 93.2 Å². The standard InChI is InChI=1S/C23H19Cl2N7O3/c24-15-6-7-18(32-12-20(25)29-30-32)16(9-15)17-10-22(34)31(13-28-17)19(23(35)27-11-21(26)33)8-14-4-2-1-3-5-14/h1-7,9-10,12-13,19H,8,11H2,(H2,26,33)(H,27,35). The molecule has 2 heterocycles. The van der Waals surface area contributed by atoms with Gasteiger partial charge in [0.05, 0.1) is 30.5 Å². The number of carbonyl (C=O) groups is 2. The Hall–Kier alpha value is -4.02. The highest BCUT2D eigenvalue weighted by atomic mass is 35.5. The molecule has 10 nitrogen and oxygen atoms in total. The molecular weight excluding hydrogens is 493 g/mol. The van der Waals surface area contributed by atoms with E-state index in [1.165, 1.54) is 27.8 Å². The minimum Gasteiger partial charge on any atom is -0.368 e. The Labute approximate surface area is 209 Å². The van der Waals surface area contributed by atoms with Gasteiger partial charge in [-0.15, -0.1) is 5.10 Å². The van der Waals surface area contributed by atoms with Crippen molar-refractivity contribution in [3.63, 3.8) is 0 Å². The summed E-state index contributed by atoms with van der Waals surface area (Å²) in [6.07, 6.45) is 2.99. The molecule has 0 aliphatic rings. The molecule has 0 spiro atoms. The maximum Gasteiger partial charge on any atom is 0.254 e. The van der Waals surface area contributed by atoms with Crippen molar-refractivity contribution in [2.24, 2.45) is 5.73 Å². The Morgan fingerprint density at radius 1 is 1.09 bits per heavy atom. The summed E-state index contributed by atoms with van der Waals surface area (Å²) in [5.74, 6) is -1.23. The van der Waals surface area contributed by atoms with E-state index < -0.39 is 23.4 Å². The zero-order chi connectivity index (χ0) is 24.9. The largest absolute Gasteiger partial charge is 0.368 e. The van der Waals surface area contributed by atoms with Crippen LogP contribution >= 0.6 is 23.2 Å². The molecule has 178 valence electrons. The predicted molar refractivity (Wildman–Crippen MR) is 130 cm³/mol. The van der Waals surface area contributed by atoms with Crippen LogP contribution in [0, 0.1) is 0 Å². The van der Waals surface area contributed by atoms with Crippen molar-refractivity contribution in [1.82, 2.24) is 29.9 Å². The lowest BCUT2D eigenvalue weighted by atomic mass is 10.0. The molecule has 3 N–H and O–H groups in total. The lowest BCUT2D eigenvalue weighted by molar-refractivity contribution is -0.127. The molecule has 0 aliphatic heterocycles. The third-order valence-electron chi connectivity index (χ3n) is 5.13. The lowest BCUT2D eigenvalue weighted by Gasteiger charge is -2.19. The SMILES string of the molecule is NC(=O)CNC(=O)C(Cc1ccccc1)n1cnc(-c2cc(Cl)ccc2-n2cc(Cl)nn2)cc1=O. The first-order chi connectivity index (χ1) is 16.8. The molecule has 4 rings (SSSR count). The number of primary amides is 1. The number of halogens is 2. The molecule has 2 amide bonds. The smallest absolute Gasteiger partial charge is 0.254 e. The molecule has 0 fully saturated rings. The molecule has 12 heteroatoms. The first-order valence-electron chi connectivity index (χ1n) is 10.4. The summed E-state index contributed by atoms with van der Waals surface area (Å²) in [4.78, 5) is 41.7. The summed E-state index contributed by atoms with van der Waals surface area (Å²) in [7, 11) is 0. The molecule has 2 aromatic carbocycles. The van der Waals surface area contributed by atoms with Gasteiger partial charge in [0.15, 0.2) is 5.15 Å². The molecular formula is C23H19Cl2N7O3. The maximum absolute atomic E-state index is 13.2. The Morgan fingerprint density at radius 2 is 1.86 bits per heavy atom. The van der Waals surface area contributed by atoms with E-state index in [0.29, 0.717) is 22.0 Å². The van der Waals surface area contributed by atoms with Gasteiger partial charge in [0.2, 0.25) is 11.8 Å². The van der Waals surface area contributed by atoms with E-state index in [4.69, 9.17) is 28.9 Å². The molecule has 0 aliphatic carbocycles. The number of aromatic nitrogens is 5. The number of benzene rings is 2. The van der Waals surface area contributed by atoms with Gasteiger partial charge in [0, 0.05) is 23.1 Å². The normalized spacial score (nSPS) is 11.7. The van der Waals surface area contributed by atoms with Crippen molar-refractivity contribution in [2.45, 2.75) is 12.5 Å². The van der Waals surface area contributed by atoms with Crippen LogP contribution < -0.4 is 16.6 Å². The van der Waals surface area contributed by atoms with Crippen molar-refractivity contribution < 1.29 is 9.59 Å². The highest BCUT2D eigenvalue weighted by molar-refractivity contribution is 6.31. The van der Waals surface area contributed by atoms with E-state index in [1.807, 2.05) is 30.3 Å². The highest BCUT2D eigenvalue weighted by Gasteiger charge is 2.23. The summed E-state index contributed by atoms with van der Waals surface area (Å²) < 4.78 is 2.65. The topological polar surface area (TPSA) is 138 Å². The minimum atomic E-state index is -0.959. The van der Waals surface area contributed by atoms with Crippen LogP contribution in [0.15, 0.2) is 71.9 Å². The molecule has 0 radical (unpaired) electrons. The minimum absolute atomic E-state index is 0.194. The van der Waals surface area contributed by atoms with Gasteiger partial charge in [0.1, 0.15) is 6.04 Å². The van der Waals surface area contributed by atoms with Crippen molar-refractivity contribution in [2.75, 3.05) is 6.54 Å². The fourth-order valence-corrected chi connectivity index (χ4v) is 3.81. The number of hydrogen-bond acceptors (Lipinski definition) is 6. The molecule has 4 aromatic rings. The first-order valence-corrected chi connectivity index (χ1v) is 11.1. The van der Waals surface area contributed by atoms with E-state index in [2.05, 4.69) is 20.6 Å². The van der Waals surface area contributed by atoms with Crippen LogP contribution in [-0.4, -0.2) is 42.9 Å². The number of nitrogens with two attached hydrogens (primary N) is 1. The first kappa shape index (κ1) is 24.1. The van der Waals surface area contributed by atoms with Crippen LogP contribution in [0.5, 0.6) is 0 Å². The Bertz CT molecular complexity index is 1440. The van der Waals surface area contributed by atoms with Gasteiger partial charge in [-0.3, -0.25) is 19.0 Å². The highest BCUT2D eigenvalue weighted by Crippen LogP contribution is 2.28. The third-order valence-corrected chi connectivity index (χ3v) is 5.54. The van der Waals surface area contributed by atoms with Crippen LogP contribution in [0.3, 0.4) is 0 Å². The summed E-state index contributed by atoms with van der Waals surface area (Å²) in [5.41, 5.74) is 6.88. The van der Waals surface area contributed by atoms with Gasteiger partial charge in [-0.25, -0.2) is 9.67 Å². The average Bonchev–Trinajstić information content (AvgIpc) is 3.27. The fraction of sp³-hybridized carbons (Fsp3) is 0.130. The van der Waals surface area contributed by atoms with E-state index in [-0.39, 0.29) is 18.1 Å². The second-order valence-electron chi connectivity index (χ2n) is 7.56. The van der Waals surface area contributed by atoms with Crippen LogP contribution in [0.1, 0.15) is 11.6 Å². The third kappa shape index (κ3) is 5.73. The van der Waals surface area contributed by atoms with Crippen molar-refractivity contribution in [3.8, 4) is 16.9 Å². The summed E-state index contributed by atoms with van der Waals surface area (Å²) in [5, 5.41) is 10.8. The van der Waals surface area contributed by atoms with E-state index >= 15 is 0 Å². The molecule has 2 aromatic heterocycles. The second kappa shape index (κ2) is 10.5. The van der Waals surface area contributed by atoms with E-state index in [9.17, 15) is 14.4 Å². The van der Waals surface area contributed by atoms with Gasteiger partial charge < -0.3 is 11.1 Å². The molecule has 0 bridgehead atoms. The molecule has 0 saturated carbocycles. The average molecular weight is 512 g/mol. The monoisotopic (exact) mass is 511 g/mol. The number of nitrogens with zero attached hydrogens (tertiary/aromatic N) is 5. The number of rotatable bonds is 8. The lowest BCUT2D eigenvalue weighted by Crippen LogP contribution is -2.41. The summed E-state index contributed by atoms with van der Waals surface area (Å²) >= 11 is 12.1. The fourth-order valence-electron chi connectivity index (χ4n) is 3.51. The van der Waals surface area contributed by atoms with Crippen LogP contribution in [0.4, 0.5) is 0 Å². The molecule has 0 saturated heterocycles. The van der Waals surface area contributed by atoms with Crippen LogP contribution in [0.25, 0.3) is 16.9 Å². The number of nitrogens with one attached hydrogen (secondary N) is 1. The predicted octanol–water partition coefficient (Wildman–Crippen LogP) is 2.18. The zero-order valence-corrected chi connectivity index (χ0v) is 19.6. The zero-order valence-electron chi connectivity index (χ0n) is 18.1. The van der Waals surface area contributed by atoms with Crippen LogP contribution in [-0.2, 0) is 16.0 Å². The molecule has 1 atom stereocenters. The number of carbonyl (C=O) groups excluding carboxylic acids is 2. The van der Waals surface area contributed by atoms with Gasteiger partial charge in [-0.2, -0.15) is 0 Å². The van der Waals surface area contributed by atoms with Crippen LogP contribution in [0.2, 0.25) is 10.2 Å². The van der Waals surface area contributed by atoms with E-state index in [0.717, 1.165) is 5.56 Å². The van der Waals surface area contributed by atoms with Gasteiger partial charge in [-0.05, 0) is 23.8 Å². The quantitative estimate of drug-likeness (QED) is 0.371. The summed E-state index contributed by atoms with van der Waals surface area (Å²) in [6.45, 7) is -0.350. The van der Waals surface area contributed by atoms with Crippen molar-refractivity contribution >= 4 is 35.0 Å². The second-order valence-corrected chi connectivity index (χ2v) is 8.38. The van der Waals surface area contributed by atoms with Gasteiger partial charge >= 0.3 is 0 Å². The molecule has 35 heavy (non-hydrogen) atoms. The van der Waals surface area contributed by atoms with Crippen molar-refractivity contribution in [1.29, 1.82) is 0 Å². The summed E-state index contributed by atoms with van der Waals surface area (Å²) in [6, 6.07) is 14.5. The Kier molecular flexibility index (Phi) is 7.23. The Morgan fingerprint density at radius 3 is 2.51 bits per heavy atom.